The molecule has 98 valence electrons. The lowest BCUT2D eigenvalue weighted by atomic mass is 10.1. The number of fused-ring (bicyclic) bond motifs is 3. The molecule has 3 aromatic rings. The molecule has 2 heterocycles. The van der Waals surface area contributed by atoms with E-state index in [-0.39, 0.29) is 0 Å². The predicted molar refractivity (Wildman–Crippen MR) is 85.4 cm³/mol. The topological polar surface area (TPSA) is 17.0 Å². The van der Waals surface area contributed by atoms with Gasteiger partial charge in [0.2, 0.25) is 0 Å². The number of rotatable bonds is 2. The summed E-state index contributed by atoms with van der Waals surface area (Å²) in [6, 6.07) is 17.0. The smallest absolute Gasteiger partial charge is 0.0720 e. The van der Waals surface area contributed by atoms with Crippen LogP contribution in [0, 0.1) is 6.92 Å². The van der Waals surface area contributed by atoms with E-state index in [1.807, 2.05) is 0 Å². The van der Waals surface area contributed by atoms with Crippen molar-refractivity contribution in [3.05, 3.63) is 65.9 Å². The Hall–Kier alpha value is -2.48. The molecule has 1 aromatic heterocycles. The lowest BCUT2D eigenvalue weighted by molar-refractivity contribution is 0.883. The van der Waals surface area contributed by atoms with Gasteiger partial charge in [0, 0.05) is 17.6 Å². The SMILES string of the molecule is Cc1ccccc1Nc1c2n(c3ccccc13)CC=C2. The highest BCUT2D eigenvalue weighted by Gasteiger charge is 2.17. The molecule has 0 unspecified atom stereocenters. The van der Waals surface area contributed by atoms with Gasteiger partial charge in [-0.05, 0) is 30.7 Å². The van der Waals surface area contributed by atoms with Gasteiger partial charge in [-0.1, -0.05) is 42.5 Å². The summed E-state index contributed by atoms with van der Waals surface area (Å²) in [6.07, 6.45) is 4.42. The summed E-state index contributed by atoms with van der Waals surface area (Å²) in [5.74, 6) is 0. The van der Waals surface area contributed by atoms with Crippen molar-refractivity contribution in [2.24, 2.45) is 0 Å². The molecule has 2 nitrogen and oxygen atoms in total. The zero-order valence-corrected chi connectivity index (χ0v) is 11.4. The third-order valence-electron chi connectivity index (χ3n) is 3.98. The molecule has 2 heteroatoms. The van der Waals surface area contributed by atoms with Crippen molar-refractivity contribution in [2.75, 3.05) is 5.32 Å². The summed E-state index contributed by atoms with van der Waals surface area (Å²) in [5.41, 5.74) is 6.21. The van der Waals surface area contributed by atoms with Crippen LogP contribution in [0.1, 0.15) is 11.3 Å². The van der Waals surface area contributed by atoms with Crippen molar-refractivity contribution >= 4 is 28.4 Å². The van der Waals surface area contributed by atoms with E-state index in [9.17, 15) is 0 Å². The van der Waals surface area contributed by atoms with Gasteiger partial charge in [-0.3, -0.25) is 0 Å². The van der Waals surface area contributed by atoms with Crippen LogP contribution in [0.4, 0.5) is 11.4 Å². The van der Waals surface area contributed by atoms with Crippen molar-refractivity contribution in [1.29, 1.82) is 0 Å². The van der Waals surface area contributed by atoms with Gasteiger partial charge in [-0.25, -0.2) is 0 Å². The van der Waals surface area contributed by atoms with Gasteiger partial charge in [-0.15, -0.1) is 0 Å². The van der Waals surface area contributed by atoms with Crippen LogP contribution in [-0.2, 0) is 6.54 Å². The lowest BCUT2D eigenvalue weighted by Gasteiger charge is -2.09. The summed E-state index contributed by atoms with van der Waals surface area (Å²) in [4.78, 5) is 0. The Labute approximate surface area is 118 Å². The van der Waals surface area contributed by atoms with Gasteiger partial charge in [-0.2, -0.15) is 0 Å². The molecule has 0 aliphatic carbocycles. The summed E-state index contributed by atoms with van der Waals surface area (Å²) >= 11 is 0. The van der Waals surface area contributed by atoms with Crippen LogP contribution in [0.2, 0.25) is 0 Å². The molecule has 0 amide bonds. The fourth-order valence-electron chi connectivity index (χ4n) is 2.94. The highest BCUT2D eigenvalue weighted by atomic mass is 15.0. The van der Waals surface area contributed by atoms with E-state index in [0.717, 1.165) is 6.54 Å². The molecule has 0 radical (unpaired) electrons. The maximum absolute atomic E-state index is 3.62. The van der Waals surface area contributed by atoms with E-state index in [0.29, 0.717) is 0 Å². The monoisotopic (exact) mass is 260 g/mol. The number of benzene rings is 2. The third-order valence-corrected chi connectivity index (χ3v) is 3.98. The number of nitrogens with one attached hydrogen (secondary N) is 1. The first-order valence-electron chi connectivity index (χ1n) is 6.95. The Bertz CT molecular complexity index is 825. The van der Waals surface area contributed by atoms with Crippen LogP contribution in [0.3, 0.4) is 0 Å². The summed E-state index contributed by atoms with van der Waals surface area (Å²) in [5, 5.41) is 4.91. The Kier molecular flexibility index (Phi) is 2.43. The first-order valence-corrected chi connectivity index (χ1v) is 6.95. The number of allylic oxidation sites excluding steroid dienone is 1. The Morgan fingerprint density at radius 1 is 1.00 bits per heavy atom. The van der Waals surface area contributed by atoms with E-state index < -0.39 is 0 Å². The third kappa shape index (κ3) is 1.58. The molecule has 0 fully saturated rings. The fourth-order valence-corrected chi connectivity index (χ4v) is 2.94. The number of para-hydroxylation sites is 2. The van der Waals surface area contributed by atoms with E-state index >= 15 is 0 Å². The number of hydrogen-bond donors (Lipinski definition) is 1. The minimum atomic E-state index is 0.964. The quantitative estimate of drug-likeness (QED) is 0.705. The molecular weight excluding hydrogens is 244 g/mol. The summed E-state index contributed by atoms with van der Waals surface area (Å²) in [7, 11) is 0. The Balaban J connectivity index is 1.92. The van der Waals surface area contributed by atoms with E-state index in [1.54, 1.807) is 0 Å². The molecule has 1 aliphatic heterocycles. The molecule has 20 heavy (non-hydrogen) atoms. The largest absolute Gasteiger partial charge is 0.353 e. The van der Waals surface area contributed by atoms with Gasteiger partial charge < -0.3 is 9.88 Å². The maximum atomic E-state index is 3.62. The standard InChI is InChI=1S/C18H16N2/c1-13-7-2-4-9-15(13)19-18-14-8-3-5-10-16(14)20-12-6-11-17(18)20/h2-11,19H,12H2,1H3. The summed E-state index contributed by atoms with van der Waals surface area (Å²) in [6.45, 7) is 3.10. The average Bonchev–Trinajstić information content (AvgIpc) is 3.04. The van der Waals surface area contributed by atoms with Crippen molar-refractivity contribution in [2.45, 2.75) is 13.5 Å². The lowest BCUT2D eigenvalue weighted by Crippen LogP contribution is -1.95. The average molecular weight is 260 g/mol. The second kappa shape index (κ2) is 4.27. The molecular formula is C18H16N2. The van der Waals surface area contributed by atoms with Crippen LogP contribution < -0.4 is 5.32 Å². The zero-order chi connectivity index (χ0) is 13.5. The highest BCUT2D eigenvalue weighted by Crippen LogP contribution is 2.36. The molecule has 0 atom stereocenters. The van der Waals surface area contributed by atoms with E-state index in [2.05, 4.69) is 77.5 Å². The predicted octanol–water partition coefficient (Wildman–Crippen LogP) is 4.72. The Morgan fingerprint density at radius 3 is 2.70 bits per heavy atom. The van der Waals surface area contributed by atoms with Crippen LogP contribution in [0.15, 0.2) is 54.6 Å². The van der Waals surface area contributed by atoms with Crippen LogP contribution >= 0.6 is 0 Å². The number of hydrogen-bond acceptors (Lipinski definition) is 1. The minimum Gasteiger partial charge on any atom is -0.353 e. The normalized spacial score (nSPS) is 12.8. The van der Waals surface area contributed by atoms with Crippen molar-refractivity contribution < 1.29 is 0 Å². The fraction of sp³-hybridized carbons (Fsp3) is 0.111. The van der Waals surface area contributed by atoms with Gasteiger partial charge in [0.15, 0.2) is 0 Å². The van der Waals surface area contributed by atoms with Crippen LogP contribution in [0.25, 0.3) is 17.0 Å². The zero-order valence-electron chi connectivity index (χ0n) is 11.4. The minimum absolute atomic E-state index is 0.964. The van der Waals surface area contributed by atoms with Crippen molar-refractivity contribution in [3.63, 3.8) is 0 Å². The molecule has 0 saturated carbocycles. The molecule has 0 bridgehead atoms. The van der Waals surface area contributed by atoms with Crippen molar-refractivity contribution in [3.8, 4) is 0 Å². The van der Waals surface area contributed by atoms with Crippen LogP contribution in [0.5, 0.6) is 0 Å². The number of nitrogens with zero attached hydrogens (tertiary/aromatic N) is 1. The Morgan fingerprint density at radius 2 is 1.80 bits per heavy atom. The van der Waals surface area contributed by atoms with Crippen molar-refractivity contribution in [1.82, 2.24) is 4.57 Å². The van der Waals surface area contributed by atoms with Crippen LogP contribution in [-0.4, -0.2) is 4.57 Å². The number of anilines is 2. The molecule has 0 saturated heterocycles. The van der Waals surface area contributed by atoms with Gasteiger partial charge in [0.1, 0.15) is 0 Å². The second-order valence-corrected chi connectivity index (χ2v) is 5.23. The molecule has 2 aromatic carbocycles. The summed E-state index contributed by atoms with van der Waals surface area (Å²) < 4.78 is 2.36. The molecule has 0 spiro atoms. The molecule has 4 rings (SSSR count). The maximum Gasteiger partial charge on any atom is 0.0720 e. The van der Waals surface area contributed by atoms with Gasteiger partial charge in [0.05, 0.1) is 16.9 Å². The van der Waals surface area contributed by atoms with E-state index in [4.69, 9.17) is 0 Å². The number of aromatic nitrogens is 1. The molecule has 1 N–H and O–H groups in total. The van der Waals surface area contributed by atoms with Gasteiger partial charge >= 0.3 is 0 Å². The second-order valence-electron chi connectivity index (χ2n) is 5.23. The first-order chi connectivity index (χ1) is 9.84. The van der Waals surface area contributed by atoms with Gasteiger partial charge in [0.25, 0.3) is 0 Å². The highest BCUT2D eigenvalue weighted by molar-refractivity contribution is 6.00. The van der Waals surface area contributed by atoms with E-state index in [1.165, 1.54) is 33.5 Å². The molecule has 1 aliphatic rings. The number of aryl methyl sites for hydroxylation is 1. The first kappa shape index (κ1) is 11.4.